The van der Waals surface area contributed by atoms with E-state index in [2.05, 4.69) is 104 Å². The Morgan fingerprint density at radius 2 is 0.844 bits per heavy atom. The highest BCUT2D eigenvalue weighted by atomic mass is 15.4. The zero-order valence-corrected chi connectivity index (χ0v) is 29.9. The topological polar surface area (TPSA) is 6.48 Å². The molecule has 0 saturated carbocycles. The van der Waals surface area contributed by atoms with Crippen molar-refractivity contribution >= 4 is 0 Å². The molecule has 45 heavy (non-hydrogen) atoms. The minimum atomic E-state index is -0.0595. The molecule has 0 spiro atoms. The average molecular weight is 615 g/mol. The van der Waals surface area contributed by atoms with Crippen LogP contribution >= 0.6 is 0 Å². The Balaban J connectivity index is 1.66. The first-order valence-corrected chi connectivity index (χ1v) is 19.6. The molecule has 0 fully saturated rings. The first kappa shape index (κ1) is 37.2. The van der Waals surface area contributed by atoms with Gasteiger partial charge in [-0.15, -0.1) is 0 Å². The van der Waals surface area contributed by atoms with Gasteiger partial charge < -0.3 is 9.80 Å². The number of hydrogen-bond acceptors (Lipinski definition) is 2. The summed E-state index contributed by atoms with van der Waals surface area (Å²) >= 11 is 0. The summed E-state index contributed by atoms with van der Waals surface area (Å²) in [6, 6.07) is 22.8. The number of unbranched alkanes of at least 4 members (excludes halogenated alkanes) is 18. The van der Waals surface area contributed by atoms with Crippen molar-refractivity contribution in [1.82, 2.24) is 9.80 Å². The minimum absolute atomic E-state index is 0.0595. The van der Waals surface area contributed by atoms with Crippen LogP contribution in [0.15, 0.2) is 73.1 Å². The van der Waals surface area contributed by atoms with Gasteiger partial charge in [0.05, 0.1) is 0 Å². The molecule has 1 aliphatic heterocycles. The van der Waals surface area contributed by atoms with Crippen molar-refractivity contribution in [1.29, 1.82) is 0 Å². The van der Waals surface area contributed by atoms with E-state index < -0.39 is 0 Å². The van der Waals surface area contributed by atoms with Crippen LogP contribution in [-0.2, 0) is 6.42 Å². The Kier molecular flexibility index (Phi) is 19.2. The number of benzene rings is 2. The van der Waals surface area contributed by atoms with E-state index in [0.29, 0.717) is 5.92 Å². The Bertz CT molecular complexity index is 949. The van der Waals surface area contributed by atoms with Gasteiger partial charge in [-0.1, -0.05) is 197 Å². The molecule has 1 heterocycles. The van der Waals surface area contributed by atoms with Gasteiger partial charge in [0.2, 0.25) is 0 Å². The predicted molar refractivity (Wildman–Crippen MR) is 199 cm³/mol. The molecule has 2 heteroatoms. The molecule has 1 aliphatic rings. The molecule has 2 nitrogen and oxygen atoms in total. The third-order valence-corrected chi connectivity index (χ3v) is 10.4. The van der Waals surface area contributed by atoms with Crippen molar-refractivity contribution in [2.24, 2.45) is 0 Å². The van der Waals surface area contributed by atoms with Gasteiger partial charge in [0, 0.05) is 37.8 Å². The summed E-state index contributed by atoms with van der Waals surface area (Å²) in [5, 5.41) is 0. The van der Waals surface area contributed by atoms with Gasteiger partial charge in [-0.05, 0) is 30.4 Å². The van der Waals surface area contributed by atoms with Gasteiger partial charge >= 0.3 is 0 Å². The summed E-state index contributed by atoms with van der Waals surface area (Å²) in [7, 11) is 0. The van der Waals surface area contributed by atoms with Crippen molar-refractivity contribution in [2.45, 2.75) is 174 Å². The third kappa shape index (κ3) is 12.8. The Labute approximate surface area is 280 Å². The van der Waals surface area contributed by atoms with Crippen LogP contribution in [-0.4, -0.2) is 28.6 Å². The summed E-state index contributed by atoms with van der Waals surface area (Å²) in [5.74, 6) is 0.445. The lowest BCUT2D eigenvalue weighted by atomic mass is 9.78. The highest BCUT2D eigenvalue weighted by Crippen LogP contribution is 2.45. The minimum Gasteiger partial charge on any atom is -0.353 e. The summed E-state index contributed by atoms with van der Waals surface area (Å²) in [6.07, 6.45) is 34.9. The lowest BCUT2D eigenvalue weighted by Crippen LogP contribution is -2.59. The quantitative estimate of drug-likeness (QED) is 0.0924. The fourth-order valence-electron chi connectivity index (χ4n) is 7.80. The fraction of sp³-hybridized carbons (Fsp3) is 0.674. The van der Waals surface area contributed by atoms with Gasteiger partial charge in [-0.3, -0.25) is 0 Å². The SMILES string of the molecule is CCCCCCCCCCCCN1C=CN(CCCCCCCCCCCC)C1(Cc1ccccc1)C(CC)c1ccccc1. The zero-order chi connectivity index (χ0) is 31.8. The predicted octanol–water partition coefficient (Wildman–Crippen LogP) is 13.0. The van der Waals surface area contributed by atoms with E-state index in [1.165, 1.54) is 140 Å². The summed E-state index contributed by atoms with van der Waals surface area (Å²) in [4.78, 5) is 5.56. The Morgan fingerprint density at radius 1 is 0.467 bits per heavy atom. The van der Waals surface area contributed by atoms with Crippen molar-refractivity contribution in [2.75, 3.05) is 13.1 Å². The largest absolute Gasteiger partial charge is 0.353 e. The molecule has 2 aromatic rings. The molecule has 3 rings (SSSR count). The van der Waals surface area contributed by atoms with Crippen LogP contribution < -0.4 is 0 Å². The van der Waals surface area contributed by atoms with Crippen molar-refractivity contribution < 1.29 is 0 Å². The molecule has 0 bridgehead atoms. The van der Waals surface area contributed by atoms with E-state index in [1.807, 2.05) is 0 Å². The number of rotatable bonds is 27. The van der Waals surface area contributed by atoms with E-state index in [4.69, 9.17) is 0 Å². The van der Waals surface area contributed by atoms with E-state index in [-0.39, 0.29) is 5.66 Å². The van der Waals surface area contributed by atoms with Crippen molar-refractivity contribution in [3.8, 4) is 0 Å². The van der Waals surface area contributed by atoms with Crippen LogP contribution in [0.4, 0.5) is 0 Å². The summed E-state index contributed by atoms with van der Waals surface area (Å²) in [6.45, 7) is 9.34. The van der Waals surface area contributed by atoms with E-state index in [9.17, 15) is 0 Å². The maximum Gasteiger partial charge on any atom is 0.123 e. The molecule has 2 aromatic carbocycles. The summed E-state index contributed by atoms with van der Waals surface area (Å²) < 4.78 is 0. The van der Waals surface area contributed by atoms with Gasteiger partial charge in [0.15, 0.2) is 0 Å². The van der Waals surface area contributed by atoms with E-state index >= 15 is 0 Å². The average Bonchev–Trinajstić information content (AvgIpc) is 3.40. The molecule has 252 valence electrons. The van der Waals surface area contributed by atoms with Crippen LogP contribution in [0.2, 0.25) is 0 Å². The second kappa shape index (κ2) is 23.2. The molecular weight excluding hydrogens is 544 g/mol. The van der Waals surface area contributed by atoms with Crippen LogP contribution in [0.25, 0.3) is 0 Å². The maximum atomic E-state index is 2.78. The molecule has 0 N–H and O–H groups in total. The molecule has 1 unspecified atom stereocenters. The first-order valence-electron chi connectivity index (χ1n) is 19.6. The molecule has 1 atom stereocenters. The fourth-order valence-corrected chi connectivity index (χ4v) is 7.80. The van der Waals surface area contributed by atoms with Crippen LogP contribution in [0, 0.1) is 0 Å². The lowest BCUT2D eigenvalue weighted by Gasteiger charge is -2.51. The Morgan fingerprint density at radius 3 is 1.24 bits per heavy atom. The normalized spacial score (nSPS) is 14.8. The molecule has 0 aliphatic carbocycles. The molecule has 0 radical (unpaired) electrons. The molecule has 0 amide bonds. The lowest BCUT2D eigenvalue weighted by molar-refractivity contribution is -0.00378. The third-order valence-electron chi connectivity index (χ3n) is 10.4. The molecule has 0 aromatic heterocycles. The van der Waals surface area contributed by atoms with Crippen LogP contribution in [0.5, 0.6) is 0 Å². The zero-order valence-electron chi connectivity index (χ0n) is 29.9. The number of nitrogens with zero attached hydrogens (tertiary/aromatic N) is 2. The second-order valence-electron chi connectivity index (χ2n) is 14.0. The van der Waals surface area contributed by atoms with Crippen molar-refractivity contribution in [3.05, 3.63) is 84.2 Å². The van der Waals surface area contributed by atoms with Gasteiger partial charge in [-0.25, -0.2) is 0 Å². The van der Waals surface area contributed by atoms with Crippen molar-refractivity contribution in [3.63, 3.8) is 0 Å². The van der Waals surface area contributed by atoms with Crippen LogP contribution in [0.1, 0.15) is 173 Å². The van der Waals surface area contributed by atoms with E-state index in [0.717, 1.165) is 25.9 Å². The monoisotopic (exact) mass is 615 g/mol. The molecule has 0 saturated heterocycles. The van der Waals surface area contributed by atoms with Gasteiger partial charge in [0.1, 0.15) is 5.66 Å². The standard InChI is InChI=1S/C43H70N2/c1-4-7-9-11-13-15-17-19-21-29-35-44-37-38-45(36-30-22-20-18-16-14-12-10-8-5-2)43(44,39-40-31-25-23-26-32-40)42(6-3)41-33-27-24-28-34-41/h23-28,31-34,37-38,42H,4-22,29-30,35-36,39H2,1-3H3. The Hall–Kier alpha value is -2.22. The second-order valence-corrected chi connectivity index (χ2v) is 14.0. The van der Waals surface area contributed by atoms with Gasteiger partial charge in [0.25, 0.3) is 0 Å². The molecular formula is C43H70N2. The van der Waals surface area contributed by atoms with E-state index in [1.54, 1.807) is 0 Å². The van der Waals surface area contributed by atoms with Crippen LogP contribution in [0.3, 0.4) is 0 Å². The smallest absolute Gasteiger partial charge is 0.123 e. The van der Waals surface area contributed by atoms with Gasteiger partial charge in [-0.2, -0.15) is 0 Å². The maximum absolute atomic E-state index is 2.78. The highest BCUT2D eigenvalue weighted by molar-refractivity contribution is 5.30. The summed E-state index contributed by atoms with van der Waals surface area (Å²) in [5.41, 5.74) is 2.88. The first-order chi connectivity index (χ1) is 22.3. The highest BCUT2D eigenvalue weighted by Gasteiger charge is 2.49. The number of hydrogen-bond donors (Lipinski definition) is 0.